The van der Waals surface area contributed by atoms with Crippen molar-refractivity contribution in [2.45, 2.75) is 39.7 Å². The Labute approximate surface area is 108 Å². The highest BCUT2D eigenvalue weighted by atomic mass is 16.2. The Balaban J connectivity index is 2.89. The first kappa shape index (κ1) is 14.2. The van der Waals surface area contributed by atoms with Gasteiger partial charge in [0.15, 0.2) is 0 Å². The number of aryl methyl sites for hydroxylation is 1. The highest BCUT2D eigenvalue weighted by Crippen LogP contribution is 2.24. The molecule has 0 fully saturated rings. The van der Waals surface area contributed by atoms with Crippen LogP contribution in [0, 0.1) is 6.92 Å². The van der Waals surface area contributed by atoms with Gasteiger partial charge in [-0.25, -0.2) is 0 Å². The summed E-state index contributed by atoms with van der Waals surface area (Å²) >= 11 is 0. The quantitative estimate of drug-likeness (QED) is 0.776. The van der Waals surface area contributed by atoms with Crippen molar-refractivity contribution in [3.63, 3.8) is 0 Å². The minimum Gasteiger partial charge on any atom is -0.361 e. The number of benzene rings is 1. The normalized spacial score (nSPS) is 11.1. The van der Waals surface area contributed by atoms with E-state index in [1.165, 1.54) is 5.56 Å². The lowest BCUT2D eigenvalue weighted by Crippen LogP contribution is -2.35. The van der Waals surface area contributed by atoms with Crippen molar-refractivity contribution in [2.24, 2.45) is 5.73 Å². The van der Waals surface area contributed by atoms with Crippen LogP contribution < -0.4 is 11.1 Å². The molecule has 0 saturated heterocycles. The molecule has 0 aromatic heterocycles. The van der Waals surface area contributed by atoms with Crippen LogP contribution in [-0.4, -0.2) is 11.8 Å². The lowest BCUT2D eigenvalue weighted by molar-refractivity contribution is -0.137. The van der Waals surface area contributed by atoms with Gasteiger partial charge in [-0.3, -0.25) is 9.59 Å². The largest absolute Gasteiger partial charge is 0.361 e. The molecule has 4 heteroatoms. The molecule has 98 valence electrons. The van der Waals surface area contributed by atoms with E-state index in [-0.39, 0.29) is 5.41 Å². The predicted molar refractivity (Wildman–Crippen MR) is 70.9 cm³/mol. The summed E-state index contributed by atoms with van der Waals surface area (Å²) in [7, 11) is 0. The van der Waals surface area contributed by atoms with Gasteiger partial charge in [-0.05, 0) is 29.0 Å². The summed E-state index contributed by atoms with van der Waals surface area (Å²) in [4.78, 5) is 21.8. The van der Waals surface area contributed by atoms with Crippen molar-refractivity contribution in [1.29, 1.82) is 0 Å². The molecule has 1 aromatic rings. The van der Waals surface area contributed by atoms with E-state index in [1.54, 1.807) is 0 Å². The third kappa shape index (κ3) is 3.58. The first-order valence-corrected chi connectivity index (χ1v) is 5.89. The molecular weight excluding hydrogens is 228 g/mol. The predicted octanol–water partition coefficient (Wildman–Crippen LogP) is 1.39. The molecule has 0 heterocycles. The second kappa shape index (κ2) is 5.21. The summed E-state index contributed by atoms with van der Waals surface area (Å²) in [6.45, 7) is 8.67. The molecule has 3 N–H and O–H groups in total. The van der Waals surface area contributed by atoms with Crippen molar-refractivity contribution in [3.8, 4) is 0 Å². The van der Waals surface area contributed by atoms with Crippen LogP contribution in [0.1, 0.15) is 37.5 Å². The summed E-state index contributed by atoms with van der Waals surface area (Å²) in [5.74, 6) is -1.71. The molecule has 1 rings (SSSR count). The fourth-order valence-electron chi connectivity index (χ4n) is 1.59. The molecule has 1 aromatic carbocycles. The number of hydrogen-bond donors (Lipinski definition) is 2. The standard InChI is InChI=1S/C14H20N2O2/c1-9-5-6-11(14(2,3)4)7-10(9)8-16-13(18)12(15)17/h5-7H,8H2,1-4H3,(H2,15,17)(H,16,18). The van der Waals surface area contributed by atoms with Gasteiger partial charge in [0.25, 0.3) is 0 Å². The highest BCUT2D eigenvalue weighted by Gasteiger charge is 2.15. The van der Waals surface area contributed by atoms with E-state index in [1.807, 2.05) is 13.0 Å². The lowest BCUT2D eigenvalue weighted by Gasteiger charge is -2.21. The molecule has 2 amide bonds. The molecule has 18 heavy (non-hydrogen) atoms. The van der Waals surface area contributed by atoms with Crippen molar-refractivity contribution >= 4 is 11.8 Å². The zero-order valence-electron chi connectivity index (χ0n) is 11.3. The average molecular weight is 248 g/mol. The van der Waals surface area contributed by atoms with Crippen LogP contribution in [0.15, 0.2) is 18.2 Å². The number of carbonyl (C=O) groups excluding carboxylic acids is 2. The van der Waals surface area contributed by atoms with Gasteiger partial charge in [0, 0.05) is 6.54 Å². The molecule has 4 nitrogen and oxygen atoms in total. The van der Waals surface area contributed by atoms with E-state index >= 15 is 0 Å². The molecule has 0 unspecified atom stereocenters. The molecule has 0 aliphatic heterocycles. The number of hydrogen-bond acceptors (Lipinski definition) is 2. The van der Waals surface area contributed by atoms with E-state index < -0.39 is 11.8 Å². The van der Waals surface area contributed by atoms with Crippen LogP contribution in [0.25, 0.3) is 0 Å². The first-order valence-electron chi connectivity index (χ1n) is 5.89. The Kier molecular flexibility index (Phi) is 4.11. The van der Waals surface area contributed by atoms with E-state index in [4.69, 9.17) is 5.73 Å². The highest BCUT2D eigenvalue weighted by molar-refractivity contribution is 6.34. The molecule has 0 bridgehead atoms. The minimum atomic E-state index is -0.959. The number of amides is 2. The van der Waals surface area contributed by atoms with Crippen LogP contribution in [0.3, 0.4) is 0 Å². The molecule has 0 spiro atoms. The van der Waals surface area contributed by atoms with E-state index in [9.17, 15) is 9.59 Å². The molecule has 0 radical (unpaired) electrons. The topological polar surface area (TPSA) is 72.2 Å². The number of carbonyl (C=O) groups is 2. The maximum Gasteiger partial charge on any atom is 0.309 e. The third-order valence-electron chi connectivity index (χ3n) is 2.88. The molecule has 0 atom stereocenters. The number of nitrogens with one attached hydrogen (secondary N) is 1. The Hall–Kier alpha value is -1.84. The second-order valence-electron chi connectivity index (χ2n) is 5.44. The van der Waals surface area contributed by atoms with Gasteiger partial charge < -0.3 is 11.1 Å². The Morgan fingerprint density at radius 1 is 1.28 bits per heavy atom. The Morgan fingerprint density at radius 2 is 1.89 bits per heavy atom. The number of primary amides is 1. The first-order chi connectivity index (χ1) is 8.21. The van der Waals surface area contributed by atoms with Gasteiger partial charge >= 0.3 is 11.8 Å². The SMILES string of the molecule is Cc1ccc(C(C)(C)C)cc1CNC(=O)C(N)=O. The zero-order chi connectivity index (χ0) is 13.9. The maximum atomic E-state index is 11.1. The van der Waals surface area contributed by atoms with E-state index in [0.29, 0.717) is 6.54 Å². The number of nitrogens with two attached hydrogens (primary N) is 1. The molecular formula is C14H20N2O2. The second-order valence-corrected chi connectivity index (χ2v) is 5.44. The number of rotatable bonds is 2. The van der Waals surface area contributed by atoms with Crippen LogP contribution >= 0.6 is 0 Å². The van der Waals surface area contributed by atoms with Crippen LogP contribution in [-0.2, 0) is 21.5 Å². The lowest BCUT2D eigenvalue weighted by atomic mass is 9.85. The van der Waals surface area contributed by atoms with Crippen molar-refractivity contribution in [2.75, 3.05) is 0 Å². The van der Waals surface area contributed by atoms with E-state index in [0.717, 1.165) is 11.1 Å². The monoisotopic (exact) mass is 248 g/mol. The Bertz CT molecular complexity index is 473. The summed E-state index contributed by atoms with van der Waals surface area (Å²) < 4.78 is 0. The summed E-state index contributed by atoms with van der Waals surface area (Å²) in [5, 5.41) is 2.50. The van der Waals surface area contributed by atoms with Crippen LogP contribution in [0.4, 0.5) is 0 Å². The average Bonchev–Trinajstić information content (AvgIpc) is 2.25. The minimum absolute atomic E-state index is 0.0517. The molecule has 0 aliphatic rings. The van der Waals surface area contributed by atoms with Crippen LogP contribution in [0.5, 0.6) is 0 Å². The Morgan fingerprint density at radius 3 is 2.39 bits per heavy atom. The maximum absolute atomic E-state index is 11.1. The van der Waals surface area contributed by atoms with Gasteiger partial charge in [-0.1, -0.05) is 39.0 Å². The summed E-state index contributed by atoms with van der Waals surface area (Å²) in [5.41, 5.74) is 8.20. The van der Waals surface area contributed by atoms with Crippen molar-refractivity contribution in [1.82, 2.24) is 5.32 Å². The van der Waals surface area contributed by atoms with Gasteiger partial charge in [0.1, 0.15) is 0 Å². The summed E-state index contributed by atoms with van der Waals surface area (Å²) in [6, 6.07) is 6.15. The fraction of sp³-hybridized carbons (Fsp3) is 0.429. The van der Waals surface area contributed by atoms with E-state index in [2.05, 4.69) is 38.2 Å². The van der Waals surface area contributed by atoms with Crippen LogP contribution in [0.2, 0.25) is 0 Å². The summed E-state index contributed by atoms with van der Waals surface area (Å²) in [6.07, 6.45) is 0. The zero-order valence-corrected chi connectivity index (χ0v) is 11.3. The van der Waals surface area contributed by atoms with Gasteiger partial charge in [0.2, 0.25) is 0 Å². The third-order valence-corrected chi connectivity index (χ3v) is 2.88. The molecule has 0 aliphatic carbocycles. The smallest absolute Gasteiger partial charge is 0.309 e. The fourth-order valence-corrected chi connectivity index (χ4v) is 1.59. The molecule has 0 saturated carbocycles. The van der Waals surface area contributed by atoms with Crippen molar-refractivity contribution < 1.29 is 9.59 Å². The van der Waals surface area contributed by atoms with Gasteiger partial charge in [0.05, 0.1) is 0 Å². The van der Waals surface area contributed by atoms with Gasteiger partial charge in [-0.2, -0.15) is 0 Å². The van der Waals surface area contributed by atoms with Gasteiger partial charge in [-0.15, -0.1) is 0 Å². The van der Waals surface area contributed by atoms with Crippen molar-refractivity contribution in [3.05, 3.63) is 34.9 Å².